The Morgan fingerprint density at radius 1 is 1.03 bits per heavy atom. The highest BCUT2D eigenvalue weighted by molar-refractivity contribution is 7.12. The monoisotopic (exact) mass is 494 g/mol. The number of benzene rings is 2. The minimum Gasteiger partial charge on any atom is -0.340 e. The second-order valence-corrected chi connectivity index (χ2v) is 9.25. The molecule has 1 unspecified atom stereocenters. The Bertz CT molecular complexity index is 1100. The average Bonchev–Trinajstić information content (AvgIpc) is 3.56. The largest absolute Gasteiger partial charge is 0.340 e. The first-order valence-corrected chi connectivity index (χ1v) is 11.8. The fraction of sp³-hybridized carbons (Fsp3) is 0.269. The third-order valence-corrected chi connectivity index (χ3v) is 7.03. The molecule has 3 atom stereocenters. The molecule has 0 radical (unpaired) electrons. The maximum absolute atomic E-state index is 13.4. The van der Waals surface area contributed by atoms with Crippen LogP contribution in [-0.4, -0.2) is 30.3 Å². The second-order valence-electron chi connectivity index (χ2n) is 8.13. The van der Waals surface area contributed by atoms with E-state index < -0.39 is 18.0 Å². The normalized spacial score (nSPS) is 16.8. The third-order valence-electron chi connectivity index (χ3n) is 5.98. The van der Waals surface area contributed by atoms with E-state index in [9.17, 15) is 14.9 Å². The standard InChI is InChI=1S/C26H26N4O2S.ClH/c27-16-19-13-14-21(33-19)24(25(31)20-12-7-15-29-20)30-26(32)23(28)22(17-8-3-1-4-9-17)18-10-5-2-6-11-18;/h1-6,8-11,13-14,20,22-24,29H,7,12,15,28H2,(H,30,32);1H/t20-,23-,24?;/m0./s1. The summed E-state index contributed by atoms with van der Waals surface area (Å²) in [5, 5.41) is 15.4. The van der Waals surface area contributed by atoms with Crippen molar-refractivity contribution in [2.45, 2.75) is 36.9 Å². The van der Waals surface area contributed by atoms with Crippen LogP contribution in [-0.2, 0) is 9.59 Å². The molecule has 0 saturated carbocycles. The van der Waals surface area contributed by atoms with Crippen LogP contribution in [0, 0.1) is 11.3 Å². The average molecular weight is 495 g/mol. The van der Waals surface area contributed by atoms with E-state index in [1.807, 2.05) is 60.7 Å². The first kappa shape index (κ1) is 25.6. The molecule has 4 N–H and O–H groups in total. The summed E-state index contributed by atoms with van der Waals surface area (Å²) in [6, 6.07) is 22.8. The van der Waals surface area contributed by atoms with Gasteiger partial charge in [0.15, 0.2) is 5.78 Å². The van der Waals surface area contributed by atoms with Gasteiger partial charge in [-0.2, -0.15) is 5.26 Å². The van der Waals surface area contributed by atoms with Crippen molar-refractivity contribution in [2.75, 3.05) is 6.54 Å². The van der Waals surface area contributed by atoms with Crippen LogP contribution >= 0.6 is 23.7 Å². The van der Waals surface area contributed by atoms with Crippen molar-refractivity contribution in [2.24, 2.45) is 5.73 Å². The molecule has 1 aromatic heterocycles. The first-order valence-electron chi connectivity index (χ1n) is 11.0. The van der Waals surface area contributed by atoms with Gasteiger partial charge in [-0.3, -0.25) is 9.59 Å². The molecule has 2 aromatic carbocycles. The molecule has 3 aromatic rings. The smallest absolute Gasteiger partial charge is 0.238 e. The van der Waals surface area contributed by atoms with Crippen molar-refractivity contribution in [3.63, 3.8) is 0 Å². The molecule has 6 nitrogen and oxygen atoms in total. The number of ketones is 1. The SMILES string of the molecule is Cl.N#Cc1ccc(C(NC(=O)[C@@H](N)C(c2ccccc2)c2ccccc2)C(=O)[C@@H]2CCCN2)s1. The van der Waals surface area contributed by atoms with Gasteiger partial charge in [-0.1, -0.05) is 60.7 Å². The zero-order chi connectivity index (χ0) is 23.2. The van der Waals surface area contributed by atoms with Crippen LogP contribution in [0.3, 0.4) is 0 Å². The molecule has 0 bridgehead atoms. The highest BCUT2D eigenvalue weighted by Gasteiger charge is 2.35. The quantitative estimate of drug-likeness (QED) is 0.442. The van der Waals surface area contributed by atoms with Crippen molar-refractivity contribution >= 4 is 35.4 Å². The predicted octanol–water partition coefficient (Wildman–Crippen LogP) is 3.68. The molecular weight excluding hydrogens is 468 g/mol. The Morgan fingerprint density at radius 2 is 1.65 bits per heavy atom. The van der Waals surface area contributed by atoms with E-state index in [-0.39, 0.29) is 30.2 Å². The van der Waals surface area contributed by atoms with Crippen molar-refractivity contribution < 1.29 is 9.59 Å². The minimum absolute atomic E-state index is 0. The lowest BCUT2D eigenvalue weighted by atomic mass is 9.85. The maximum Gasteiger partial charge on any atom is 0.238 e. The van der Waals surface area contributed by atoms with Crippen molar-refractivity contribution in [1.82, 2.24) is 10.6 Å². The molecule has 0 aliphatic carbocycles. The Labute approximate surface area is 209 Å². The molecule has 1 amide bonds. The molecule has 1 aliphatic heterocycles. The molecule has 1 fully saturated rings. The van der Waals surface area contributed by atoms with E-state index in [2.05, 4.69) is 16.7 Å². The fourth-order valence-electron chi connectivity index (χ4n) is 4.30. The van der Waals surface area contributed by atoms with Gasteiger partial charge in [-0.15, -0.1) is 23.7 Å². The topological polar surface area (TPSA) is 108 Å². The molecule has 0 spiro atoms. The van der Waals surface area contributed by atoms with Gasteiger partial charge in [0.2, 0.25) is 5.91 Å². The van der Waals surface area contributed by atoms with E-state index in [4.69, 9.17) is 5.73 Å². The van der Waals surface area contributed by atoms with Crippen LogP contribution in [0.25, 0.3) is 0 Å². The van der Waals surface area contributed by atoms with E-state index in [1.165, 1.54) is 11.3 Å². The molecule has 2 heterocycles. The number of thiophene rings is 1. The molecule has 4 rings (SSSR count). The van der Waals surface area contributed by atoms with E-state index in [0.717, 1.165) is 30.5 Å². The Kier molecular flexibility index (Phi) is 8.97. The van der Waals surface area contributed by atoms with Gasteiger partial charge >= 0.3 is 0 Å². The highest BCUT2D eigenvalue weighted by Crippen LogP contribution is 2.30. The van der Waals surface area contributed by atoms with Crippen molar-refractivity contribution in [3.8, 4) is 6.07 Å². The van der Waals surface area contributed by atoms with Crippen LogP contribution in [0.4, 0.5) is 0 Å². The number of hydrogen-bond acceptors (Lipinski definition) is 6. The van der Waals surface area contributed by atoms with E-state index in [1.54, 1.807) is 12.1 Å². The number of Topliss-reactive ketones (excluding diaryl/α,β-unsaturated/α-hetero) is 1. The Balaban J connectivity index is 0.00000324. The minimum atomic E-state index is -0.906. The van der Waals surface area contributed by atoms with E-state index >= 15 is 0 Å². The molecule has 176 valence electrons. The maximum atomic E-state index is 13.4. The first-order chi connectivity index (χ1) is 16.1. The third kappa shape index (κ3) is 5.72. The van der Waals surface area contributed by atoms with Gasteiger partial charge in [0.1, 0.15) is 17.0 Å². The number of rotatable bonds is 8. The summed E-state index contributed by atoms with van der Waals surface area (Å²) in [6.07, 6.45) is 1.64. The van der Waals surface area contributed by atoms with Crippen molar-refractivity contribution in [3.05, 3.63) is 93.7 Å². The van der Waals surface area contributed by atoms with Crippen LogP contribution in [0.15, 0.2) is 72.8 Å². The number of nitrogens with two attached hydrogens (primary N) is 1. The Morgan fingerprint density at radius 3 is 2.15 bits per heavy atom. The molecule has 1 aliphatic rings. The number of amides is 1. The molecule has 34 heavy (non-hydrogen) atoms. The lowest BCUT2D eigenvalue weighted by Gasteiger charge is -2.27. The number of nitrogens with one attached hydrogen (secondary N) is 2. The van der Waals surface area contributed by atoms with Crippen LogP contribution in [0.5, 0.6) is 0 Å². The number of nitriles is 1. The number of halogens is 1. The summed E-state index contributed by atoms with van der Waals surface area (Å²) in [5.74, 6) is -0.878. The summed E-state index contributed by atoms with van der Waals surface area (Å²) in [5.41, 5.74) is 8.40. The number of carbonyl (C=O) groups excluding carboxylic acids is 2. The zero-order valence-electron chi connectivity index (χ0n) is 18.5. The van der Waals surface area contributed by atoms with E-state index in [0.29, 0.717) is 9.75 Å². The van der Waals surface area contributed by atoms with Gasteiger partial charge in [0.05, 0.1) is 12.1 Å². The van der Waals surface area contributed by atoms with Gasteiger partial charge < -0.3 is 16.4 Å². The summed E-state index contributed by atoms with van der Waals surface area (Å²) >= 11 is 1.22. The lowest BCUT2D eigenvalue weighted by Crippen LogP contribution is -2.49. The summed E-state index contributed by atoms with van der Waals surface area (Å²) in [6.45, 7) is 0.772. The van der Waals surface area contributed by atoms with Crippen molar-refractivity contribution in [1.29, 1.82) is 5.26 Å². The predicted molar refractivity (Wildman–Crippen MR) is 136 cm³/mol. The number of nitrogens with zero attached hydrogens (tertiary/aromatic N) is 1. The van der Waals surface area contributed by atoms with Gasteiger partial charge in [-0.05, 0) is 42.6 Å². The van der Waals surface area contributed by atoms with Crippen LogP contribution in [0.2, 0.25) is 0 Å². The van der Waals surface area contributed by atoms with Gasteiger partial charge in [0.25, 0.3) is 0 Å². The Hall–Kier alpha value is -3.02. The zero-order valence-corrected chi connectivity index (χ0v) is 20.1. The molecule has 1 saturated heterocycles. The summed E-state index contributed by atoms with van der Waals surface area (Å²) in [4.78, 5) is 27.9. The van der Waals surface area contributed by atoms with Crippen LogP contribution in [0.1, 0.15) is 45.7 Å². The lowest BCUT2D eigenvalue weighted by molar-refractivity contribution is -0.129. The van der Waals surface area contributed by atoms with Crippen LogP contribution < -0.4 is 16.4 Å². The highest BCUT2D eigenvalue weighted by atomic mass is 35.5. The van der Waals surface area contributed by atoms with Gasteiger partial charge in [-0.25, -0.2) is 0 Å². The molecule has 8 heteroatoms. The van der Waals surface area contributed by atoms with Gasteiger partial charge in [0, 0.05) is 10.8 Å². The molecular formula is C26H27ClN4O2S. The fourth-order valence-corrected chi connectivity index (χ4v) is 5.16. The summed E-state index contributed by atoms with van der Waals surface area (Å²) < 4.78 is 0. The number of carbonyl (C=O) groups is 2. The number of hydrogen-bond donors (Lipinski definition) is 3. The second kappa shape index (κ2) is 11.9. The summed E-state index contributed by atoms with van der Waals surface area (Å²) in [7, 11) is 0.